The number of halogens is 2. The van der Waals surface area contributed by atoms with E-state index in [4.69, 9.17) is 5.73 Å². The number of nitrogens with one attached hydrogen (secondary N) is 1. The van der Waals surface area contributed by atoms with Gasteiger partial charge in [-0.2, -0.15) is 0 Å². The first kappa shape index (κ1) is 16.0. The Balaban J connectivity index is 0.00000162. The maximum atomic E-state index is 12.0. The van der Waals surface area contributed by atoms with E-state index in [0.29, 0.717) is 19.0 Å². The van der Waals surface area contributed by atoms with Gasteiger partial charge < -0.3 is 11.1 Å². The third kappa shape index (κ3) is 3.95. The van der Waals surface area contributed by atoms with Crippen LogP contribution < -0.4 is 11.1 Å². The molecule has 1 aromatic heterocycles. The predicted molar refractivity (Wildman–Crippen MR) is 81.0 cm³/mol. The molecule has 0 unspecified atom stereocenters. The normalized spacial score (nSPS) is 22.6. The van der Waals surface area contributed by atoms with Crippen molar-refractivity contribution in [3.63, 3.8) is 0 Å². The van der Waals surface area contributed by atoms with Crippen molar-refractivity contribution in [3.05, 3.63) is 20.8 Å². The Bertz CT molecular complexity index is 399. The molecular formula is C12H18BrClN2OS. The highest BCUT2D eigenvalue weighted by Gasteiger charge is 2.31. The second kappa shape index (κ2) is 7.48. The van der Waals surface area contributed by atoms with Gasteiger partial charge in [-0.25, -0.2) is 0 Å². The minimum atomic E-state index is 0. The van der Waals surface area contributed by atoms with E-state index >= 15 is 0 Å². The van der Waals surface area contributed by atoms with E-state index in [2.05, 4.69) is 21.2 Å². The Morgan fingerprint density at radius 3 is 2.89 bits per heavy atom. The van der Waals surface area contributed by atoms with E-state index in [1.807, 2.05) is 12.1 Å². The largest absolute Gasteiger partial charge is 0.351 e. The summed E-state index contributed by atoms with van der Waals surface area (Å²) in [5.74, 6) is 0.677. The lowest BCUT2D eigenvalue weighted by atomic mass is 9.95. The summed E-state index contributed by atoms with van der Waals surface area (Å²) in [6, 6.07) is 4.04. The van der Waals surface area contributed by atoms with Crippen molar-refractivity contribution in [1.82, 2.24) is 5.32 Å². The van der Waals surface area contributed by atoms with Crippen LogP contribution in [0.4, 0.5) is 0 Å². The molecule has 1 fully saturated rings. The molecule has 2 atom stereocenters. The summed E-state index contributed by atoms with van der Waals surface area (Å²) in [5.41, 5.74) is 5.69. The highest BCUT2D eigenvalue weighted by molar-refractivity contribution is 9.11. The number of hydrogen-bond acceptors (Lipinski definition) is 3. The molecule has 0 aliphatic heterocycles. The van der Waals surface area contributed by atoms with Crippen LogP contribution in [0.15, 0.2) is 15.9 Å². The van der Waals surface area contributed by atoms with Crippen LogP contribution in [0.5, 0.6) is 0 Å². The van der Waals surface area contributed by atoms with Crippen LogP contribution in [-0.4, -0.2) is 12.5 Å². The first-order valence-electron chi connectivity index (χ1n) is 5.92. The van der Waals surface area contributed by atoms with Crippen molar-refractivity contribution in [3.8, 4) is 0 Å². The molecule has 1 aromatic rings. The molecule has 0 bridgehead atoms. The summed E-state index contributed by atoms with van der Waals surface area (Å²) in [4.78, 5) is 13.2. The number of nitrogens with two attached hydrogens (primary N) is 1. The average molecular weight is 354 g/mol. The van der Waals surface area contributed by atoms with Gasteiger partial charge in [-0.15, -0.1) is 23.7 Å². The molecular weight excluding hydrogens is 336 g/mol. The zero-order chi connectivity index (χ0) is 12.3. The molecule has 1 heterocycles. The van der Waals surface area contributed by atoms with E-state index in [-0.39, 0.29) is 24.2 Å². The molecule has 102 valence electrons. The summed E-state index contributed by atoms with van der Waals surface area (Å²) in [6.45, 7) is 1.26. The summed E-state index contributed by atoms with van der Waals surface area (Å²) in [5, 5.41) is 3.01. The van der Waals surface area contributed by atoms with Crippen LogP contribution in [0, 0.1) is 11.8 Å². The van der Waals surface area contributed by atoms with Gasteiger partial charge in [0.2, 0.25) is 5.91 Å². The lowest BCUT2D eigenvalue weighted by Crippen LogP contribution is -2.34. The van der Waals surface area contributed by atoms with Gasteiger partial charge in [0.1, 0.15) is 0 Å². The fourth-order valence-corrected chi connectivity index (χ4v) is 3.84. The minimum absolute atomic E-state index is 0. The van der Waals surface area contributed by atoms with Gasteiger partial charge in [0.15, 0.2) is 0 Å². The third-order valence-electron chi connectivity index (χ3n) is 3.36. The maximum Gasteiger partial charge on any atom is 0.223 e. The lowest BCUT2D eigenvalue weighted by Gasteiger charge is -2.16. The third-order valence-corrected chi connectivity index (χ3v) is 4.99. The summed E-state index contributed by atoms with van der Waals surface area (Å²) in [6.07, 6.45) is 3.21. The molecule has 1 amide bonds. The van der Waals surface area contributed by atoms with E-state index in [1.54, 1.807) is 11.3 Å². The number of thiophene rings is 1. The fourth-order valence-electron chi connectivity index (χ4n) is 2.42. The molecule has 6 heteroatoms. The highest BCUT2D eigenvalue weighted by atomic mass is 79.9. The molecule has 0 radical (unpaired) electrons. The summed E-state index contributed by atoms with van der Waals surface area (Å²) in [7, 11) is 0. The van der Waals surface area contributed by atoms with Crippen LogP contribution in [0.25, 0.3) is 0 Å². The molecule has 0 spiro atoms. The quantitative estimate of drug-likeness (QED) is 0.874. The molecule has 3 N–H and O–H groups in total. The Labute approximate surface area is 126 Å². The second-order valence-electron chi connectivity index (χ2n) is 4.46. The van der Waals surface area contributed by atoms with Gasteiger partial charge in [-0.05, 0) is 53.4 Å². The molecule has 1 saturated carbocycles. The zero-order valence-electron chi connectivity index (χ0n) is 10.0. The lowest BCUT2D eigenvalue weighted by molar-refractivity contribution is -0.126. The van der Waals surface area contributed by atoms with Crippen molar-refractivity contribution in [2.45, 2.75) is 25.8 Å². The van der Waals surface area contributed by atoms with Crippen molar-refractivity contribution in [1.29, 1.82) is 0 Å². The van der Waals surface area contributed by atoms with Crippen LogP contribution in [-0.2, 0) is 11.3 Å². The molecule has 0 saturated heterocycles. The number of rotatable bonds is 4. The van der Waals surface area contributed by atoms with Crippen molar-refractivity contribution < 1.29 is 4.79 Å². The Morgan fingerprint density at radius 2 is 2.28 bits per heavy atom. The Morgan fingerprint density at radius 1 is 1.50 bits per heavy atom. The Hall–Kier alpha value is -0.100. The number of carbonyl (C=O) groups is 1. The zero-order valence-corrected chi connectivity index (χ0v) is 13.2. The average Bonchev–Trinajstić information content (AvgIpc) is 2.94. The smallest absolute Gasteiger partial charge is 0.223 e. The number of hydrogen-bond donors (Lipinski definition) is 2. The van der Waals surface area contributed by atoms with Crippen LogP contribution in [0.1, 0.15) is 24.1 Å². The maximum absolute atomic E-state index is 12.0. The molecule has 3 nitrogen and oxygen atoms in total. The van der Waals surface area contributed by atoms with E-state index in [9.17, 15) is 4.79 Å². The van der Waals surface area contributed by atoms with Gasteiger partial charge in [-0.3, -0.25) is 4.79 Å². The van der Waals surface area contributed by atoms with Gasteiger partial charge in [0.05, 0.1) is 10.3 Å². The monoisotopic (exact) mass is 352 g/mol. The van der Waals surface area contributed by atoms with Crippen molar-refractivity contribution in [2.24, 2.45) is 17.6 Å². The van der Waals surface area contributed by atoms with Crippen LogP contribution in [0.2, 0.25) is 0 Å². The fraction of sp³-hybridized carbons (Fsp3) is 0.583. The SMILES string of the molecule is Cl.NC[C@H]1CCC[C@H]1C(=O)NCc1ccc(Br)s1. The van der Waals surface area contributed by atoms with Gasteiger partial charge >= 0.3 is 0 Å². The van der Waals surface area contributed by atoms with Gasteiger partial charge in [-0.1, -0.05) is 6.42 Å². The van der Waals surface area contributed by atoms with Gasteiger partial charge in [0, 0.05) is 10.8 Å². The summed E-state index contributed by atoms with van der Waals surface area (Å²) >= 11 is 5.07. The molecule has 1 aliphatic rings. The topological polar surface area (TPSA) is 55.1 Å². The number of carbonyl (C=O) groups excluding carboxylic acids is 1. The van der Waals surface area contributed by atoms with Crippen LogP contribution in [0.3, 0.4) is 0 Å². The second-order valence-corrected chi connectivity index (χ2v) is 7.00. The van der Waals surface area contributed by atoms with E-state index < -0.39 is 0 Å². The predicted octanol–water partition coefficient (Wildman–Crippen LogP) is 2.92. The van der Waals surface area contributed by atoms with E-state index in [0.717, 1.165) is 23.0 Å². The summed E-state index contributed by atoms with van der Waals surface area (Å²) < 4.78 is 1.10. The van der Waals surface area contributed by atoms with E-state index in [1.165, 1.54) is 4.88 Å². The number of amides is 1. The van der Waals surface area contributed by atoms with Crippen molar-refractivity contribution >= 4 is 45.6 Å². The van der Waals surface area contributed by atoms with Gasteiger partial charge in [0.25, 0.3) is 0 Å². The molecule has 2 rings (SSSR count). The molecule has 0 aromatic carbocycles. The first-order chi connectivity index (χ1) is 8.20. The first-order valence-corrected chi connectivity index (χ1v) is 7.53. The Kier molecular flexibility index (Phi) is 6.63. The van der Waals surface area contributed by atoms with Crippen LogP contribution >= 0.6 is 39.7 Å². The molecule has 18 heavy (non-hydrogen) atoms. The minimum Gasteiger partial charge on any atom is -0.351 e. The van der Waals surface area contributed by atoms with Crippen molar-refractivity contribution in [2.75, 3.05) is 6.54 Å². The molecule has 1 aliphatic carbocycles. The standard InChI is InChI=1S/C12H17BrN2OS.ClH/c13-11-5-4-9(17-11)7-15-12(16)10-3-1-2-8(10)6-14;/h4-5,8,10H,1-3,6-7,14H2,(H,15,16);1H/t8-,10-;/m1./s1. The highest BCUT2D eigenvalue weighted by Crippen LogP contribution is 2.31.